The molecule has 1 unspecified atom stereocenters. The summed E-state index contributed by atoms with van der Waals surface area (Å²) in [6.45, 7) is 6.09. The van der Waals surface area contributed by atoms with E-state index in [4.69, 9.17) is 0 Å². The van der Waals surface area contributed by atoms with Gasteiger partial charge in [-0.15, -0.1) is 30.1 Å². The Labute approximate surface area is 128 Å². The zero-order valence-electron chi connectivity index (χ0n) is 10.5. The highest BCUT2D eigenvalue weighted by molar-refractivity contribution is 8.24. The zero-order chi connectivity index (χ0) is 12.4. The molecule has 5 heteroatoms. The summed E-state index contributed by atoms with van der Waals surface area (Å²) in [6.07, 6.45) is 1.99. The van der Waals surface area contributed by atoms with Gasteiger partial charge < -0.3 is 0 Å². The Morgan fingerprint density at radius 2 is 1.59 bits per heavy atom. The van der Waals surface area contributed by atoms with Crippen molar-refractivity contribution in [2.75, 3.05) is 46.0 Å². The molecule has 1 atom stereocenters. The number of rotatable bonds is 12. The topological polar surface area (TPSA) is 0 Å². The Morgan fingerprint density at radius 3 is 2.12 bits per heavy atom. The number of hydrogen-bond acceptors (Lipinski definition) is 5. The van der Waals surface area contributed by atoms with Crippen LogP contribution in [0.15, 0.2) is 12.7 Å². The summed E-state index contributed by atoms with van der Waals surface area (Å²) < 4.78 is 0.595. The predicted molar refractivity (Wildman–Crippen MR) is 95.5 cm³/mol. The quantitative estimate of drug-likeness (QED) is 0.292. The van der Waals surface area contributed by atoms with Crippen LogP contribution in [0.2, 0.25) is 0 Å². The van der Waals surface area contributed by atoms with Crippen LogP contribution in [0.3, 0.4) is 0 Å². The first-order valence-electron chi connectivity index (χ1n) is 5.89. The van der Waals surface area contributed by atoms with Crippen LogP contribution in [0.25, 0.3) is 0 Å². The third-order valence-electron chi connectivity index (χ3n) is 2.17. The molecule has 1 rings (SSSR count). The summed E-state index contributed by atoms with van der Waals surface area (Å²) in [7, 11) is 0. The van der Waals surface area contributed by atoms with Gasteiger partial charge in [-0.2, -0.15) is 35.3 Å². The van der Waals surface area contributed by atoms with Gasteiger partial charge in [0.15, 0.2) is 0 Å². The van der Waals surface area contributed by atoms with Crippen LogP contribution in [-0.2, 0) is 0 Å². The molecule has 0 spiro atoms. The molecule has 1 heterocycles. The molecule has 1 aliphatic heterocycles. The van der Waals surface area contributed by atoms with Gasteiger partial charge in [0.1, 0.15) is 0 Å². The van der Waals surface area contributed by atoms with Gasteiger partial charge in [0, 0.05) is 46.0 Å². The molecule has 0 nitrogen and oxygen atoms in total. The first-order valence-corrected chi connectivity index (χ1v) is 11.3. The zero-order valence-corrected chi connectivity index (χ0v) is 14.6. The predicted octanol–water partition coefficient (Wildman–Crippen LogP) is 4.57. The second kappa shape index (κ2) is 10.3. The Bertz CT molecular complexity index is 203. The number of thioether (sulfide) groups is 5. The summed E-state index contributed by atoms with van der Waals surface area (Å²) in [6, 6.07) is 0. The first kappa shape index (κ1) is 16.5. The van der Waals surface area contributed by atoms with Crippen molar-refractivity contribution >= 4 is 58.8 Å². The molecular weight excluding hydrogens is 304 g/mol. The van der Waals surface area contributed by atoms with Crippen LogP contribution in [0.1, 0.15) is 6.92 Å². The summed E-state index contributed by atoms with van der Waals surface area (Å²) in [4.78, 5) is 0. The average molecular weight is 327 g/mol. The Hall–Kier alpha value is 1.49. The van der Waals surface area contributed by atoms with E-state index in [1.807, 2.05) is 17.8 Å². The number of hydrogen-bond donors (Lipinski definition) is 0. The highest BCUT2D eigenvalue weighted by Gasteiger charge is 2.38. The third kappa shape index (κ3) is 10.00. The Morgan fingerprint density at radius 1 is 1.06 bits per heavy atom. The molecule has 0 radical (unpaired) electrons. The lowest BCUT2D eigenvalue weighted by Crippen LogP contribution is -1.98. The van der Waals surface area contributed by atoms with Crippen LogP contribution in [0.5, 0.6) is 0 Å². The molecule has 0 aromatic carbocycles. The summed E-state index contributed by atoms with van der Waals surface area (Å²) >= 11 is 10.4. The van der Waals surface area contributed by atoms with E-state index in [1.165, 1.54) is 40.3 Å². The van der Waals surface area contributed by atoms with E-state index < -0.39 is 0 Å². The van der Waals surface area contributed by atoms with Crippen molar-refractivity contribution in [2.24, 2.45) is 0 Å². The van der Waals surface area contributed by atoms with Crippen LogP contribution in [0.4, 0.5) is 0 Å². The largest absolute Gasteiger partial charge is 0.160 e. The molecule has 17 heavy (non-hydrogen) atoms. The molecule has 0 N–H and O–H groups in total. The molecule has 0 aromatic rings. The fourth-order valence-corrected chi connectivity index (χ4v) is 6.27. The van der Waals surface area contributed by atoms with Crippen molar-refractivity contribution in [3.8, 4) is 0 Å². The van der Waals surface area contributed by atoms with E-state index in [-0.39, 0.29) is 0 Å². The van der Waals surface area contributed by atoms with Crippen LogP contribution in [0, 0.1) is 0 Å². The lowest BCUT2D eigenvalue weighted by Gasteiger charge is -2.05. The van der Waals surface area contributed by atoms with Gasteiger partial charge in [0.25, 0.3) is 0 Å². The van der Waals surface area contributed by atoms with Gasteiger partial charge in [-0.3, -0.25) is 0 Å². The summed E-state index contributed by atoms with van der Waals surface area (Å²) in [5.74, 6) is 10.3. The first-order chi connectivity index (χ1) is 8.27. The molecule has 0 saturated carbocycles. The highest BCUT2D eigenvalue weighted by Crippen LogP contribution is 2.53. The SMILES string of the molecule is C=CCSCCSCCSCCSC1(C)CS1. The lowest BCUT2D eigenvalue weighted by molar-refractivity contribution is 1.15. The van der Waals surface area contributed by atoms with E-state index in [0.29, 0.717) is 4.08 Å². The van der Waals surface area contributed by atoms with Gasteiger partial charge in [-0.25, -0.2) is 0 Å². The van der Waals surface area contributed by atoms with Gasteiger partial charge in [-0.05, 0) is 6.92 Å². The smallest absolute Gasteiger partial charge is 0.0674 e. The Kier molecular flexibility index (Phi) is 10.0. The normalized spacial score (nSPS) is 22.6. The van der Waals surface area contributed by atoms with E-state index in [2.05, 4.69) is 60.6 Å². The maximum Gasteiger partial charge on any atom is 0.0674 e. The van der Waals surface area contributed by atoms with Crippen LogP contribution < -0.4 is 0 Å². The van der Waals surface area contributed by atoms with Gasteiger partial charge in [0.2, 0.25) is 0 Å². The van der Waals surface area contributed by atoms with Crippen LogP contribution >= 0.6 is 58.8 Å². The fraction of sp³-hybridized carbons (Fsp3) is 0.833. The van der Waals surface area contributed by atoms with E-state index >= 15 is 0 Å². The van der Waals surface area contributed by atoms with E-state index in [0.717, 1.165) is 5.75 Å². The minimum absolute atomic E-state index is 0.595. The maximum atomic E-state index is 3.72. The van der Waals surface area contributed by atoms with Crippen molar-refractivity contribution in [1.29, 1.82) is 0 Å². The molecule has 1 saturated heterocycles. The molecule has 0 aromatic heterocycles. The Balaban J connectivity index is 1.68. The van der Waals surface area contributed by atoms with Gasteiger partial charge in [0.05, 0.1) is 4.08 Å². The third-order valence-corrected chi connectivity index (χ3v) is 9.06. The minimum atomic E-state index is 0.595. The molecule has 100 valence electrons. The monoisotopic (exact) mass is 326 g/mol. The molecular formula is C12H22S5. The maximum absolute atomic E-state index is 3.72. The van der Waals surface area contributed by atoms with Crippen molar-refractivity contribution < 1.29 is 0 Å². The molecule has 1 aliphatic rings. The minimum Gasteiger partial charge on any atom is -0.160 e. The van der Waals surface area contributed by atoms with Crippen molar-refractivity contribution in [2.45, 2.75) is 11.0 Å². The fourth-order valence-electron chi connectivity index (χ4n) is 1.11. The average Bonchev–Trinajstić information content (AvgIpc) is 3.05. The van der Waals surface area contributed by atoms with Crippen molar-refractivity contribution in [3.05, 3.63) is 12.7 Å². The molecule has 0 bridgehead atoms. The standard InChI is InChI=1S/C12H22S5/c1-3-4-13-5-6-14-7-8-15-9-10-16-12(2)11-17-12/h3H,1,4-11H2,2H3. The van der Waals surface area contributed by atoms with Gasteiger partial charge >= 0.3 is 0 Å². The second-order valence-electron chi connectivity index (χ2n) is 3.86. The highest BCUT2D eigenvalue weighted by atomic mass is 32.2. The second-order valence-corrected chi connectivity index (χ2v) is 10.8. The van der Waals surface area contributed by atoms with E-state index in [9.17, 15) is 0 Å². The molecule has 1 fully saturated rings. The van der Waals surface area contributed by atoms with Crippen molar-refractivity contribution in [3.63, 3.8) is 0 Å². The lowest BCUT2D eigenvalue weighted by atomic mass is 10.6. The van der Waals surface area contributed by atoms with Gasteiger partial charge in [-0.1, -0.05) is 6.08 Å². The molecule has 0 aliphatic carbocycles. The summed E-state index contributed by atoms with van der Waals surface area (Å²) in [5.41, 5.74) is 0. The van der Waals surface area contributed by atoms with Crippen molar-refractivity contribution in [1.82, 2.24) is 0 Å². The summed E-state index contributed by atoms with van der Waals surface area (Å²) in [5, 5.41) is 0. The molecule has 0 amide bonds. The van der Waals surface area contributed by atoms with Crippen LogP contribution in [-0.4, -0.2) is 50.1 Å². The van der Waals surface area contributed by atoms with E-state index in [1.54, 1.807) is 0 Å².